The number of nitrogens with two attached hydrogens (primary N) is 1. The maximum Gasteiger partial charge on any atom is 0.416 e. The van der Waals surface area contributed by atoms with Crippen LogP contribution in [0.15, 0.2) is 24.3 Å². The van der Waals surface area contributed by atoms with E-state index in [1.165, 1.54) is 6.07 Å². The van der Waals surface area contributed by atoms with Crippen molar-refractivity contribution in [3.05, 3.63) is 35.4 Å². The Bertz CT molecular complexity index is 323. The van der Waals surface area contributed by atoms with Gasteiger partial charge in [-0.1, -0.05) is 12.1 Å². The minimum absolute atomic E-state index is 0.419. The Morgan fingerprint density at radius 1 is 1.40 bits per heavy atom. The van der Waals surface area contributed by atoms with Crippen LogP contribution in [0.25, 0.3) is 0 Å². The largest absolute Gasteiger partial charge is 0.416 e. The zero-order valence-corrected chi connectivity index (χ0v) is 8.31. The van der Waals surface area contributed by atoms with E-state index in [0.717, 1.165) is 12.1 Å². The van der Waals surface area contributed by atoms with Crippen LogP contribution in [0.4, 0.5) is 13.2 Å². The minimum atomic E-state index is -4.31. The van der Waals surface area contributed by atoms with Crippen LogP contribution >= 0.6 is 0 Å². The van der Waals surface area contributed by atoms with Gasteiger partial charge in [0.15, 0.2) is 0 Å². The zero-order valence-electron chi connectivity index (χ0n) is 8.31. The lowest BCUT2D eigenvalue weighted by atomic mass is 10.0. The molecule has 0 spiro atoms. The molecule has 0 aromatic heterocycles. The summed E-state index contributed by atoms with van der Waals surface area (Å²) in [6, 6.07) is 4.67. The van der Waals surface area contributed by atoms with Gasteiger partial charge in [-0.05, 0) is 24.7 Å². The second-order valence-corrected chi connectivity index (χ2v) is 3.29. The van der Waals surface area contributed by atoms with Gasteiger partial charge in [0.1, 0.15) is 0 Å². The summed E-state index contributed by atoms with van der Waals surface area (Å²) >= 11 is 0. The Hall–Kier alpha value is -1.07. The van der Waals surface area contributed by atoms with E-state index >= 15 is 0 Å². The normalized spacial score (nSPS) is 13.9. The number of hydrogen-bond donors (Lipinski definition) is 2. The summed E-state index contributed by atoms with van der Waals surface area (Å²) in [5.74, 6) is 0. The average molecular weight is 218 g/mol. The number of benzene rings is 1. The number of nitrogens with one attached hydrogen (secondary N) is 1. The number of halogens is 3. The molecule has 0 aliphatic rings. The molecule has 1 atom stereocenters. The second-order valence-electron chi connectivity index (χ2n) is 3.29. The SMILES string of the molecule is CNCC(N)c1cccc(C(F)(F)F)c1. The van der Waals surface area contributed by atoms with Crippen molar-refractivity contribution in [3.8, 4) is 0 Å². The fraction of sp³-hybridized carbons (Fsp3) is 0.400. The van der Waals surface area contributed by atoms with Crippen LogP contribution in [0.2, 0.25) is 0 Å². The molecule has 0 heterocycles. The highest BCUT2D eigenvalue weighted by Gasteiger charge is 2.30. The van der Waals surface area contributed by atoms with Gasteiger partial charge in [-0.25, -0.2) is 0 Å². The molecular weight excluding hydrogens is 205 g/mol. The summed E-state index contributed by atoms with van der Waals surface area (Å²) in [4.78, 5) is 0. The van der Waals surface area contributed by atoms with Crippen molar-refractivity contribution in [2.75, 3.05) is 13.6 Å². The maximum atomic E-state index is 12.4. The quantitative estimate of drug-likeness (QED) is 0.813. The smallest absolute Gasteiger partial charge is 0.323 e. The minimum Gasteiger partial charge on any atom is -0.323 e. The predicted molar refractivity (Wildman–Crippen MR) is 52.3 cm³/mol. The highest BCUT2D eigenvalue weighted by molar-refractivity contribution is 5.27. The molecule has 3 N–H and O–H groups in total. The van der Waals surface area contributed by atoms with Gasteiger partial charge < -0.3 is 11.1 Å². The summed E-state index contributed by atoms with van der Waals surface area (Å²) in [5.41, 5.74) is 5.51. The Labute approximate surface area is 86.3 Å². The molecule has 1 aromatic rings. The number of rotatable bonds is 3. The number of hydrogen-bond acceptors (Lipinski definition) is 2. The first-order valence-corrected chi connectivity index (χ1v) is 4.52. The first-order chi connectivity index (χ1) is 6.95. The standard InChI is InChI=1S/C10H13F3N2/c1-15-6-9(14)7-3-2-4-8(5-7)10(11,12)13/h2-5,9,15H,6,14H2,1H3. The third-order valence-electron chi connectivity index (χ3n) is 2.07. The molecule has 1 aromatic carbocycles. The molecule has 0 radical (unpaired) electrons. The molecular formula is C10H13F3N2. The lowest BCUT2D eigenvalue weighted by Crippen LogP contribution is -2.24. The highest BCUT2D eigenvalue weighted by atomic mass is 19.4. The van der Waals surface area contributed by atoms with Gasteiger partial charge in [0.2, 0.25) is 0 Å². The fourth-order valence-corrected chi connectivity index (χ4v) is 1.28. The molecule has 0 aliphatic heterocycles. The van der Waals surface area contributed by atoms with Crippen molar-refractivity contribution < 1.29 is 13.2 Å². The molecule has 0 amide bonds. The van der Waals surface area contributed by atoms with Crippen molar-refractivity contribution >= 4 is 0 Å². The van der Waals surface area contributed by atoms with Crippen molar-refractivity contribution in [2.24, 2.45) is 5.73 Å². The first kappa shape index (κ1) is 12.0. The molecule has 0 saturated carbocycles. The summed E-state index contributed by atoms with van der Waals surface area (Å²) < 4.78 is 37.1. The van der Waals surface area contributed by atoms with Crippen molar-refractivity contribution in [2.45, 2.75) is 12.2 Å². The van der Waals surface area contributed by atoms with Crippen LogP contribution in [0.5, 0.6) is 0 Å². The molecule has 1 unspecified atom stereocenters. The monoisotopic (exact) mass is 218 g/mol. The van der Waals surface area contributed by atoms with E-state index in [1.807, 2.05) is 0 Å². The van der Waals surface area contributed by atoms with E-state index in [2.05, 4.69) is 5.32 Å². The van der Waals surface area contributed by atoms with Gasteiger partial charge >= 0.3 is 6.18 Å². The van der Waals surface area contributed by atoms with Crippen molar-refractivity contribution in [1.82, 2.24) is 5.32 Å². The summed E-state index contributed by atoms with van der Waals surface area (Å²) in [5, 5.41) is 2.82. The molecule has 15 heavy (non-hydrogen) atoms. The molecule has 1 rings (SSSR count). The molecule has 2 nitrogen and oxygen atoms in total. The van der Waals surface area contributed by atoms with Gasteiger partial charge in [-0.3, -0.25) is 0 Å². The zero-order chi connectivity index (χ0) is 11.5. The number of likely N-dealkylation sites (N-methyl/N-ethyl adjacent to an activating group) is 1. The average Bonchev–Trinajstić information content (AvgIpc) is 2.17. The van der Waals surface area contributed by atoms with E-state index < -0.39 is 17.8 Å². The topological polar surface area (TPSA) is 38.0 Å². The molecule has 0 aliphatic carbocycles. The molecule has 0 bridgehead atoms. The van der Waals surface area contributed by atoms with E-state index in [0.29, 0.717) is 12.1 Å². The van der Waals surface area contributed by atoms with Crippen molar-refractivity contribution in [1.29, 1.82) is 0 Å². The van der Waals surface area contributed by atoms with Gasteiger partial charge in [0.05, 0.1) is 5.56 Å². The van der Waals surface area contributed by atoms with Gasteiger partial charge in [0, 0.05) is 12.6 Å². The van der Waals surface area contributed by atoms with Crippen LogP contribution < -0.4 is 11.1 Å². The molecule has 0 saturated heterocycles. The van der Waals surface area contributed by atoms with E-state index in [4.69, 9.17) is 5.73 Å². The highest BCUT2D eigenvalue weighted by Crippen LogP contribution is 2.30. The number of alkyl halides is 3. The molecule has 84 valence electrons. The van der Waals surface area contributed by atoms with E-state index in [1.54, 1.807) is 13.1 Å². The Balaban J connectivity index is 2.92. The second kappa shape index (κ2) is 4.63. The lowest BCUT2D eigenvalue weighted by molar-refractivity contribution is -0.137. The predicted octanol–water partition coefficient (Wildman–Crippen LogP) is 1.92. The maximum absolute atomic E-state index is 12.4. The Morgan fingerprint density at radius 2 is 2.07 bits per heavy atom. The third-order valence-corrected chi connectivity index (χ3v) is 2.07. The van der Waals surface area contributed by atoms with Gasteiger partial charge in [0.25, 0.3) is 0 Å². The Kier molecular flexibility index (Phi) is 3.71. The first-order valence-electron chi connectivity index (χ1n) is 4.52. The van der Waals surface area contributed by atoms with Crippen LogP contribution in [0.3, 0.4) is 0 Å². The Morgan fingerprint density at radius 3 is 2.60 bits per heavy atom. The van der Waals surface area contributed by atoms with Crippen LogP contribution in [0, 0.1) is 0 Å². The third kappa shape index (κ3) is 3.21. The molecule has 5 heteroatoms. The molecule has 0 fully saturated rings. The van der Waals surface area contributed by atoms with E-state index in [-0.39, 0.29) is 0 Å². The summed E-state index contributed by atoms with van der Waals surface area (Å²) in [6.45, 7) is 0.446. The van der Waals surface area contributed by atoms with Crippen LogP contribution in [-0.4, -0.2) is 13.6 Å². The summed E-state index contributed by atoms with van der Waals surface area (Å²) in [6.07, 6.45) is -4.31. The lowest BCUT2D eigenvalue weighted by Gasteiger charge is -2.13. The van der Waals surface area contributed by atoms with Gasteiger partial charge in [-0.15, -0.1) is 0 Å². The van der Waals surface area contributed by atoms with Gasteiger partial charge in [-0.2, -0.15) is 13.2 Å². The summed E-state index contributed by atoms with van der Waals surface area (Å²) in [7, 11) is 1.70. The van der Waals surface area contributed by atoms with E-state index in [9.17, 15) is 13.2 Å². The fourth-order valence-electron chi connectivity index (χ4n) is 1.28. The van der Waals surface area contributed by atoms with Crippen LogP contribution in [-0.2, 0) is 6.18 Å². The van der Waals surface area contributed by atoms with Crippen molar-refractivity contribution in [3.63, 3.8) is 0 Å². The van der Waals surface area contributed by atoms with Crippen LogP contribution in [0.1, 0.15) is 17.2 Å².